The number of sulfonamides is 1. The highest BCUT2D eigenvalue weighted by molar-refractivity contribution is 7.89. The van der Waals surface area contributed by atoms with Gasteiger partial charge in [0, 0.05) is 24.2 Å². The van der Waals surface area contributed by atoms with Crippen molar-refractivity contribution in [1.82, 2.24) is 4.72 Å². The Labute approximate surface area is 172 Å². The van der Waals surface area contributed by atoms with E-state index in [-0.39, 0.29) is 29.6 Å². The number of benzene rings is 2. The molecule has 2 N–H and O–H groups in total. The van der Waals surface area contributed by atoms with Gasteiger partial charge in [0.25, 0.3) is 0 Å². The van der Waals surface area contributed by atoms with Crippen LogP contribution in [0.5, 0.6) is 0 Å². The normalized spacial score (nSPS) is 11.2. The Bertz CT molecular complexity index is 938. The number of carbonyl (C=O) groups excluding carboxylic acids is 2. The number of hydrogen-bond donors (Lipinski definition) is 2. The Kier molecular flexibility index (Phi) is 8.54. The minimum absolute atomic E-state index is 0.00385. The van der Waals surface area contributed by atoms with Crippen LogP contribution in [0, 0.1) is 0 Å². The highest BCUT2D eigenvalue weighted by Gasteiger charge is 2.15. The third-order valence-corrected chi connectivity index (χ3v) is 5.96. The average molecular weight is 417 g/mol. The molecule has 6 nitrogen and oxygen atoms in total. The lowest BCUT2D eigenvalue weighted by molar-refractivity contribution is -0.116. The van der Waals surface area contributed by atoms with E-state index < -0.39 is 10.0 Å². The summed E-state index contributed by atoms with van der Waals surface area (Å²) in [5, 5.41) is 2.77. The molecular weight excluding hydrogens is 388 g/mol. The van der Waals surface area contributed by atoms with E-state index in [0.29, 0.717) is 11.3 Å². The highest BCUT2D eigenvalue weighted by Crippen LogP contribution is 2.14. The summed E-state index contributed by atoms with van der Waals surface area (Å²) in [6.45, 7) is 3.51. The number of ketones is 1. The van der Waals surface area contributed by atoms with Gasteiger partial charge in [0.2, 0.25) is 15.9 Å². The minimum atomic E-state index is -3.78. The van der Waals surface area contributed by atoms with Gasteiger partial charge in [0.15, 0.2) is 5.78 Å². The van der Waals surface area contributed by atoms with Gasteiger partial charge >= 0.3 is 0 Å². The van der Waals surface area contributed by atoms with Crippen molar-refractivity contribution in [3.8, 4) is 0 Å². The fourth-order valence-corrected chi connectivity index (χ4v) is 3.90. The maximum absolute atomic E-state index is 12.3. The van der Waals surface area contributed by atoms with Crippen molar-refractivity contribution in [3.63, 3.8) is 0 Å². The van der Waals surface area contributed by atoms with E-state index in [1.807, 2.05) is 24.3 Å². The number of Topliss-reactive ketones (excluding diaryl/α,β-unsaturated/α-hetero) is 1. The maximum Gasteiger partial charge on any atom is 0.240 e. The first-order valence-electron chi connectivity index (χ1n) is 9.81. The second kappa shape index (κ2) is 10.9. The van der Waals surface area contributed by atoms with Crippen LogP contribution in [-0.2, 0) is 21.2 Å². The third kappa shape index (κ3) is 7.44. The predicted molar refractivity (Wildman–Crippen MR) is 115 cm³/mol. The summed E-state index contributed by atoms with van der Waals surface area (Å²) in [5.74, 6) is -0.485. The molecule has 2 rings (SSSR count). The molecule has 0 spiro atoms. The van der Waals surface area contributed by atoms with Crippen LogP contribution in [0.1, 0.15) is 55.5 Å². The van der Waals surface area contributed by atoms with Gasteiger partial charge in [-0.1, -0.05) is 44.0 Å². The molecule has 7 heteroatoms. The second-order valence-electron chi connectivity index (χ2n) is 6.93. The van der Waals surface area contributed by atoms with Crippen LogP contribution in [0.2, 0.25) is 0 Å². The molecule has 0 aliphatic rings. The lowest BCUT2D eigenvalue weighted by Gasteiger charge is -2.09. The first-order valence-corrected chi connectivity index (χ1v) is 11.3. The van der Waals surface area contributed by atoms with E-state index in [1.54, 1.807) is 6.07 Å². The van der Waals surface area contributed by atoms with Gasteiger partial charge in [0.1, 0.15) is 0 Å². The summed E-state index contributed by atoms with van der Waals surface area (Å²) in [4.78, 5) is 23.5. The molecule has 0 radical (unpaired) electrons. The molecule has 0 saturated carbocycles. The molecular formula is C22H28N2O4S. The molecule has 0 bridgehead atoms. The second-order valence-corrected chi connectivity index (χ2v) is 8.70. The first-order chi connectivity index (χ1) is 13.8. The van der Waals surface area contributed by atoms with Crippen molar-refractivity contribution in [3.05, 3.63) is 59.7 Å². The summed E-state index contributed by atoms with van der Waals surface area (Å²) in [5.41, 5.74) is 2.24. The Hall–Kier alpha value is -2.51. The molecule has 0 saturated heterocycles. The van der Waals surface area contributed by atoms with E-state index in [0.717, 1.165) is 12.8 Å². The minimum Gasteiger partial charge on any atom is -0.326 e. The van der Waals surface area contributed by atoms with E-state index in [1.165, 1.54) is 43.5 Å². The molecule has 0 fully saturated rings. The monoisotopic (exact) mass is 416 g/mol. The van der Waals surface area contributed by atoms with Crippen LogP contribution in [0.3, 0.4) is 0 Å². The molecule has 0 heterocycles. The quantitative estimate of drug-likeness (QED) is 0.429. The van der Waals surface area contributed by atoms with Crippen molar-refractivity contribution >= 4 is 27.4 Å². The van der Waals surface area contributed by atoms with Crippen molar-refractivity contribution in [2.75, 3.05) is 11.9 Å². The SMILES string of the molecule is CCCCCc1ccc(NC(=O)CCNS(=O)(=O)c2cccc(C(C)=O)c2)cc1. The number of hydrogen-bond acceptors (Lipinski definition) is 4. The van der Waals surface area contributed by atoms with Gasteiger partial charge in [-0.15, -0.1) is 0 Å². The Balaban J connectivity index is 1.83. The number of anilines is 1. The fourth-order valence-electron chi connectivity index (χ4n) is 2.82. The molecule has 0 aliphatic heterocycles. The molecule has 156 valence electrons. The summed E-state index contributed by atoms with van der Waals surface area (Å²) in [6.07, 6.45) is 4.56. The molecule has 0 aromatic heterocycles. The Morgan fingerprint density at radius 1 is 1.00 bits per heavy atom. The van der Waals surface area contributed by atoms with Crippen LogP contribution in [0.15, 0.2) is 53.4 Å². The number of unbranched alkanes of at least 4 members (excludes halogenated alkanes) is 2. The fraction of sp³-hybridized carbons (Fsp3) is 0.364. The Morgan fingerprint density at radius 3 is 2.38 bits per heavy atom. The summed E-state index contributed by atoms with van der Waals surface area (Å²) >= 11 is 0. The Morgan fingerprint density at radius 2 is 1.72 bits per heavy atom. The van der Waals surface area contributed by atoms with Crippen molar-refractivity contribution in [2.45, 2.75) is 50.8 Å². The van der Waals surface area contributed by atoms with Gasteiger partial charge in [-0.3, -0.25) is 9.59 Å². The zero-order valence-corrected chi connectivity index (χ0v) is 17.7. The van der Waals surface area contributed by atoms with E-state index >= 15 is 0 Å². The summed E-state index contributed by atoms with van der Waals surface area (Å²) in [6, 6.07) is 13.5. The topological polar surface area (TPSA) is 92.3 Å². The molecule has 0 unspecified atom stereocenters. The summed E-state index contributed by atoms with van der Waals surface area (Å²) < 4.78 is 27.1. The van der Waals surface area contributed by atoms with Crippen LogP contribution in [0.4, 0.5) is 5.69 Å². The molecule has 29 heavy (non-hydrogen) atoms. The average Bonchev–Trinajstić information content (AvgIpc) is 2.69. The zero-order valence-electron chi connectivity index (χ0n) is 16.9. The highest BCUT2D eigenvalue weighted by atomic mass is 32.2. The van der Waals surface area contributed by atoms with Gasteiger partial charge in [-0.05, 0) is 49.6 Å². The molecule has 0 aliphatic carbocycles. The van der Waals surface area contributed by atoms with Gasteiger partial charge in [0.05, 0.1) is 4.90 Å². The third-order valence-electron chi connectivity index (χ3n) is 4.50. The maximum atomic E-state index is 12.3. The number of aryl methyl sites for hydroxylation is 1. The number of carbonyl (C=O) groups is 2. The molecule has 0 atom stereocenters. The standard InChI is InChI=1S/C22H28N2O4S/c1-3-4-5-7-18-10-12-20(13-11-18)24-22(26)14-15-23-29(27,28)21-9-6-8-19(16-21)17(2)25/h6,8-13,16,23H,3-5,7,14-15H2,1-2H3,(H,24,26). The van der Waals surface area contributed by atoms with Crippen LogP contribution in [0.25, 0.3) is 0 Å². The number of nitrogens with one attached hydrogen (secondary N) is 2. The van der Waals surface area contributed by atoms with Crippen LogP contribution in [-0.4, -0.2) is 26.7 Å². The van der Waals surface area contributed by atoms with Gasteiger partial charge < -0.3 is 5.32 Å². The number of amides is 1. The van der Waals surface area contributed by atoms with Crippen LogP contribution < -0.4 is 10.0 Å². The predicted octanol–water partition coefficient (Wildman–Crippen LogP) is 3.93. The van der Waals surface area contributed by atoms with Crippen molar-refractivity contribution in [1.29, 1.82) is 0 Å². The molecule has 2 aromatic carbocycles. The van der Waals surface area contributed by atoms with Crippen LogP contribution >= 0.6 is 0 Å². The molecule has 2 aromatic rings. The van der Waals surface area contributed by atoms with E-state index in [2.05, 4.69) is 17.0 Å². The van der Waals surface area contributed by atoms with Gasteiger partial charge in [-0.2, -0.15) is 0 Å². The lowest BCUT2D eigenvalue weighted by atomic mass is 10.1. The van der Waals surface area contributed by atoms with Crippen molar-refractivity contribution < 1.29 is 18.0 Å². The largest absolute Gasteiger partial charge is 0.326 e. The first kappa shape index (κ1) is 22.8. The summed E-state index contributed by atoms with van der Waals surface area (Å²) in [7, 11) is -3.78. The molecule has 1 amide bonds. The van der Waals surface area contributed by atoms with Gasteiger partial charge in [-0.25, -0.2) is 13.1 Å². The van der Waals surface area contributed by atoms with Crippen molar-refractivity contribution in [2.24, 2.45) is 0 Å². The zero-order chi connectivity index (χ0) is 21.3. The van der Waals surface area contributed by atoms with E-state index in [4.69, 9.17) is 0 Å². The lowest BCUT2D eigenvalue weighted by Crippen LogP contribution is -2.28. The van der Waals surface area contributed by atoms with E-state index in [9.17, 15) is 18.0 Å². The number of rotatable bonds is 11. The smallest absolute Gasteiger partial charge is 0.240 e.